The molecule has 2 heterocycles. The Morgan fingerprint density at radius 3 is 2.37 bits per heavy atom. The van der Waals surface area contributed by atoms with Crippen molar-refractivity contribution < 1.29 is 19.1 Å². The van der Waals surface area contributed by atoms with Crippen molar-refractivity contribution in [1.29, 1.82) is 0 Å². The highest BCUT2D eigenvalue weighted by Gasteiger charge is 2.56. The van der Waals surface area contributed by atoms with E-state index in [1.165, 1.54) is 7.11 Å². The second kappa shape index (κ2) is 9.74. The van der Waals surface area contributed by atoms with Gasteiger partial charge in [-0.05, 0) is 53.8 Å². The van der Waals surface area contributed by atoms with Crippen molar-refractivity contribution in [2.24, 2.45) is 5.41 Å². The van der Waals surface area contributed by atoms with E-state index in [1.54, 1.807) is 30.3 Å². The average molecular weight is 519 g/mol. The van der Waals surface area contributed by atoms with Crippen LogP contribution < -0.4 is 5.32 Å². The number of benzene rings is 2. The van der Waals surface area contributed by atoms with Crippen molar-refractivity contribution in [3.05, 3.63) is 69.2 Å². The van der Waals surface area contributed by atoms with Crippen molar-refractivity contribution in [3.63, 3.8) is 0 Å². The molecule has 0 aromatic heterocycles. The zero-order valence-electron chi connectivity index (χ0n) is 20.7. The largest absolute Gasteiger partial charge is 0.465 e. The minimum absolute atomic E-state index is 0.0327. The smallest absolute Gasteiger partial charge is 0.337 e. The van der Waals surface area contributed by atoms with Gasteiger partial charge in [0.05, 0.1) is 37.1 Å². The molecular weight excluding hydrogens is 487 g/mol. The molecule has 1 N–H and O–H groups in total. The van der Waals surface area contributed by atoms with Gasteiger partial charge in [-0.1, -0.05) is 56.1 Å². The van der Waals surface area contributed by atoms with Crippen LogP contribution in [0.4, 0.5) is 0 Å². The highest BCUT2D eigenvalue weighted by Crippen LogP contribution is 2.46. The van der Waals surface area contributed by atoms with Gasteiger partial charge in [-0.3, -0.25) is 10.1 Å². The third-order valence-electron chi connectivity index (χ3n) is 7.10. The van der Waals surface area contributed by atoms with Gasteiger partial charge >= 0.3 is 5.97 Å². The van der Waals surface area contributed by atoms with E-state index in [2.05, 4.69) is 26.1 Å². The number of halogens is 2. The summed E-state index contributed by atoms with van der Waals surface area (Å²) in [6.07, 6.45) is 1.27. The van der Waals surface area contributed by atoms with Crippen molar-refractivity contribution in [2.45, 2.75) is 64.4 Å². The number of rotatable bonds is 4. The number of carbonyl (C=O) groups excluding carboxylic acids is 2. The third kappa shape index (κ3) is 5.08. The van der Waals surface area contributed by atoms with Crippen LogP contribution in [0, 0.1) is 5.41 Å². The van der Waals surface area contributed by atoms with E-state index in [-0.39, 0.29) is 23.5 Å². The summed E-state index contributed by atoms with van der Waals surface area (Å²) in [4.78, 5) is 27.9. The molecule has 8 heteroatoms. The highest BCUT2D eigenvalue weighted by molar-refractivity contribution is 6.34. The molecule has 1 amide bonds. The van der Waals surface area contributed by atoms with Gasteiger partial charge in [0.15, 0.2) is 0 Å². The molecule has 6 nitrogen and oxygen atoms in total. The molecule has 1 spiro atoms. The topological polar surface area (TPSA) is 67.9 Å². The maximum atomic E-state index is 14.1. The zero-order chi connectivity index (χ0) is 25.5. The second-order valence-electron chi connectivity index (χ2n) is 10.5. The lowest BCUT2D eigenvalue weighted by Crippen LogP contribution is -2.59. The number of amides is 1. The summed E-state index contributed by atoms with van der Waals surface area (Å²) in [5.74, 6) is -0.433. The fraction of sp³-hybridized carbons (Fsp3) is 0.481. The van der Waals surface area contributed by atoms with Crippen LogP contribution in [0.25, 0.3) is 0 Å². The Labute approximate surface area is 216 Å². The number of hydrogen-bond acceptors (Lipinski definition) is 5. The number of methoxy groups -OCH3 is 1. The maximum absolute atomic E-state index is 14.1. The van der Waals surface area contributed by atoms with Crippen molar-refractivity contribution in [3.8, 4) is 0 Å². The van der Waals surface area contributed by atoms with Gasteiger partial charge in [0.2, 0.25) is 5.91 Å². The fourth-order valence-corrected chi connectivity index (χ4v) is 5.73. The third-order valence-corrected chi connectivity index (χ3v) is 7.54. The number of hydrogen-bond donors (Lipinski definition) is 1. The molecule has 4 rings (SSSR count). The van der Waals surface area contributed by atoms with Gasteiger partial charge in [-0.2, -0.15) is 0 Å². The standard InChI is InChI=1S/C27H32Cl2N2O4/c1-16(17-6-8-18(9-7-17)25(33)34-5)31-24(32)23(19-12-20(28)14-21(29)13-19)30-27(31)10-11-35-22(15-27)26(2,3)4/h6-9,12-14,16,22-23,30H,10-11,15H2,1-5H3. The number of carbonyl (C=O) groups is 2. The van der Waals surface area contributed by atoms with Crippen LogP contribution in [-0.2, 0) is 14.3 Å². The van der Waals surface area contributed by atoms with Crippen molar-refractivity contribution in [2.75, 3.05) is 13.7 Å². The minimum atomic E-state index is -0.604. The molecular formula is C27H32Cl2N2O4. The SMILES string of the molecule is COC(=O)c1ccc(C(C)N2C(=O)C(c3cc(Cl)cc(Cl)c3)NC23CCOC(C(C)(C)C)C3)cc1. The molecule has 0 aliphatic carbocycles. The van der Waals surface area contributed by atoms with E-state index in [0.717, 1.165) is 11.1 Å². The molecule has 0 bridgehead atoms. The van der Waals surface area contributed by atoms with E-state index in [4.69, 9.17) is 32.7 Å². The lowest BCUT2D eigenvalue weighted by Gasteiger charge is -2.49. The van der Waals surface area contributed by atoms with Crippen molar-refractivity contribution >= 4 is 35.1 Å². The van der Waals surface area contributed by atoms with Crippen LogP contribution in [0.1, 0.15) is 74.1 Å². The number of esters is 1. The Morgan fingerprint density at radius 2 is 1.80 bits per heavy atom. The van der Waals surface area contributed by atoms with E-state index >= 15 is 0 Å². The lowest BCUT2D eigenvalue weighted by molar-refractivity contribution is -0.146. The first kappa shape index (κ1) is 26.0. The Bertz CT molecular complexity index is 1090. The Hall–Kier alpha value is -2.12. The lowest BCUT2D eigenvalue weighted by atomic mass is 9.80. The first-order valence-corrected chi connectivity index (χ1v) is 12.6. The van der Waals surface area contributed by atoms with Gasteiger partial charge in [0.1, 0.15) is 6.04 Å². The maximum Gasteiger partial charge on any atom is 0.337 e. The molecule has 2 aromatic carbocycles. The Morgan fingerprint density at radius 1 is 1.17 bits per heavy atom. The van der Waals surface area contributed by atoms with Gasteiger partial charge in [0.25, 0.3) is 0 Å². The van der Waals surface area contributed by atoms with Gasteiger partial charge in [0, 0.05) is 22.9 Å². The fourth-order valence-electron chi connectivity index (χ4n) is 5.19. The molecule has 2 aliphatic heterocycles. The summed E-state index contributed by atoms with van der Waals surface area (Å²) < 4.78 is 11.0. The molecule has 4 unspecified atom stereocenters. The summed E-state index contributed by atoms with van der Waals surface area (Å²) in [6.45, 7) is 9.02. The van der Waals surface area contributed by atoms with Crippen LogP contribution in [0.5, 0.6) is 0 Å². The molecule has 0 radical (unpaired) electrons. The minimum Gasteiger partial charge on any atom is -0.465 e. The summed E-state index contributed by atoms with van der Waals surface area (Å²) >= 11 is 12.6. The van der Waals surface area contributed by atoms with Gasteiger partial charge < -0.3 is 14.4 Å². The highest BCUT2D eigenvalue weighted by atomic mass is 35.5. The predicted molar refractivity (Wildman–Crippen MR) is 137 cm³/mol. The van der Waals surface area contributed by atoms with E-state index in [0.29, 0.717) is 35.1 Å². The van der Waals surface area contributed by atoms with Crippen LogP contribution in [-0.4, -0.2) is 42.3 Å². The molecule has 2 aliphatic rings. The van der Waals surface area contributed by atoms with Crippen LogP contribution >= 0.6 is 23.2 Å². The van der Waals surface area contributed by atoms with E-state index in [1.807, 2.05) is 24.0 Å². The number of nitrogens with zero attached hydrogens (tertiary/aromatic N) is 1. The average Bonchev–Trinajstić information content (AvgIpc) is 3.08. The molecule has 188 valence electrons. The molecule has 35 heavy (non-hydrogen) atoms. The van der Waals surface area contributed by atoms with Gasteiger partial charge in [-0.25, -0.2) is 4.79 Å². The molecule has 0 saturated carbocycles. The quantitative estimate of drug-likeness (QED) is 0.507. The van der Waals surface area contributed by atoms with Crippen LogP contribution in [0.3, 0.4) is 0 Å². The van der Waals surface area contributed by atoms with E-state index in [9.17, 15) is 9.59 Å². The first-order chi connectivity index (χ1) is 16.4. The molecule has 2 fully saturated rings. The Balaban J connectivity index is 1.75. The summed E-state index contributed by atoms with van der Waals surface area (Å²) in [5, 5.41) is 4.65. The predicted octanol–water partition coefficient (Wildman–Crippen LogP) is 5.94. The Kier molecular flexibility index (Phi) is 7.22. The first-order valence-electron chi connectivity index (χ1n) is 11.8. The summed E-state index contributed by atoms with van der Waals surface area (Å²) in [6, 6.07) is 11.6. The van der Waals surface area contributed by atoms with Crippen LogP contribution in [0.15, 0.2) is 42.5 Å². The number of ether oxygens (including phenoxy) is 2. The molecule has 2 aromatic rings. The molecule has 4 atom stereocenters. The summed E-state index contributed by atoms with van der Waals surface area (Å²) in [5.41, 5.74) is 1.44. The number of nitrogens with one attached hydrogen (secondary N) is 1. The second-order valence-corrected chi connectivity index (χ2v) is 11.4. The van der Waals surface area contributed by atoms with Crippen LogP contribution in [0.2, 0.25) is 10.0 Å². The normalized spacial score (nSPS) is 25.7. The van der Waals surface area contributed by atoms with Gasteiger partial charge in [-0.15, -0.1) is 0 Å². The zero-order valence-corrected chi connectivity index (χ0v) is 22.2. The molecule has 2 saturated heterocycles. The van der Waals surface area contributed by atoms with Crippen molar-refractivity contribution in [1.82, 2.24) is 10.2 Å². The summed E-state index contributed by atoms with van der Waals surface area (Å²) in [7, 11) is 1.36. The monoisotopic (exact) mass is 518 g/mol. The van der Waals surface area contributed by atoms with E-state index < -0.39 is 17.7 Å².